The highest BCUT2D eigenvalue weighted by Gasteiger charge is 2.07. The van der Waals surface area contributed by atoms with E-state index in [4.69, 9.17) is 14.7 Å². The molecule has 0 spiro atoms. The van der Waals surface area contributed by atoms with Gasteiger partial charge < -0.3 is 14.8 Å². The number of benzene rings is 2. The number of hydrogen-bond donors (Lipinski definition) is 1. The van der Waals surface area contributed by atoms with Crippen LogP contribution in [0.15, 0.2) is 42.5 Å². The molecule has 0 unspecified atom stereocenters. The number of hydrogen-bond acceptors (Lipinski definition) is 7. The smallest absolute Gasteiger partial charge is 0.207 e. The zero-order valence-corrected chi connectivity index (χ0v) is 15.3. The molecule has 1 N–H and O–H groups in total. The Bertz CT molecular complexity index is 916. The second kappa shape index (κ2) is 8.43. The molecule has 0 aliphatic rings. The van der Waals surface area contributed by atoms with Crippen molar-refractivity contribution in [3.05, 3.63) is 59.4 Å². The van der Waals surface area contributed by atoms with E-state index in [1.54, 1.807) is 31.4 Å². The van der Waals surface area contributed by atoms with Gasteiger partial charge in [0.25, 0.3) is 0 Å². The van der Waals surface area contributed by atoms with Crippen LogP contribution in [0.1, 0.15) is 17.0 Å². The molecule has 3 rings (SSSR count). The van der Waals surface area contributed by atoms with Crippen molar-refractivity contribution in [2.24, 2.45) is 0 Å². The van der Waals surface area contributed by atoms with Gasteiger partial charge in [0.1, 0.15) is 17.3 Å². The normalized spacial score (nSPS) is 10.3. The minimum Gasteiger partial charge on any atom is -0.457 e. The third-order valence-electron chi connectivity index (χ3n) is 3.66. The standard InChI is InChI=1S/C19H18N4O2S/c1-13-11-16(25-15-5-3-14(12-20)4-6-15)7-8-17(13)21-19-22-18(23-26-19)9-10-24-2/h3-8,11H,9-10H2,1-2H3,(H,21,22,23). The van der Waals surface area contributed by atoms with Gasteiger partial charge in [-0.05, 0) is 55.0 Å². The van der Waals surface area contributed by atoms with E-state index in [0.717, 1.165) is 28.0 Å². The average Bonchev–Trinajstić information content (AvgIpc) is 3.10. The average molecular weight is 366 g/mol. The Balaban J connectivity index is 1.67. The molecule has 1 heterocycles. The number of nitrogens with one attached hydrogen (secondary N) is 1. The van der Waals surface area contributed by atoms with Gasteiger partial charge in [-0.25, -0.2) is 4.98 Å². The molecule has 0 amide bonds. The van der Waals surface area contributed by atoms with Crippen LogP contribution < -0.4 is 10.1 Å². The SMILES string of the molecule is COCCc1nsc(Nc2ccc(Oc3ccc(C#N)cc3)cc2C)n1. The van der Waals surface area contributed by atoms with Gasteiger partial charge in [0, 0.05) is 30.8 Å². The third-order valence-corrected chi connectivity index (χ3v) is 4.32. The van der Waals surface area contributed by atoms with E-state index in [-0.39, 0.29) is 0 Å². The van der Waals surface area contributed by atoms with Gasteiger partial charge in [0.05, 0.1) is 18.2 Å². The van der Waals surface area contributed by atoms with Crippen molar-refractivity contribution >= 4 is 22.4 Å². The van der Waals surface area contributed by atoms with E-state index in [1.807, 2.05) is 25.1 Å². The van der Waals surface area contributed by atoms with E-state index >= 15 is 0 Å². The van der Waals surface area contributed by atoms with Crippen molar-refractivity contribution < 1.29 is 9.47 Å². The Morgan fingerprint density at radius 1 is 1.15 bits per heavy atom. The number of anilines is 2. The number of aromatic nitrogens is 2. The fraction of sp³-hybridized carbons (Fsp3) is 0.211. The first-order valence-electron chi connectivity index (χ1n) is 8.05. The van der Waals surface area contributed by atoms with Crippen LogP contribution in [0.25, 0.3) is 0 Å². The Morgan fingerprint density at radius 3 is 2.62 bits per heavy atom. The van der Waals surface area contributed by atoms with Crippen molar-refractivity contribution in [2.45, 2.75) is 13.3 Å². The predicted octanol–water partition coefficient (Wildman–Crippen LogP) is 4.44. The lowest BCUT2D eigenvalue weighted by Crippen LogP contribution is -1.97. The van der Waals surface area contributed by atoms with Crippen LogP contribution in [0.2, 0.25) is 0 Å². The van der Waals surface area contributed by atoms with E-state index in [2.05, 4.69) is 20.7 Å². The summed E-state index contributed by atoms with van der Waals surface area (Å²) in [5.41, 5.74) is 2.59. The lowest BCUT2D eigenvalue weighted by atomic mass is 10.2. The molecule has 0 aliphatic carbocycles. The van der Waals surface area contributed by atoms with Crippen molar-refractivity contribution in [3.63, 3.8) is 0 Å². The third kappa shape index (κ3) is 4.57. The van der Waals surface area contributed by atoms with Crippen LogP contribution in [0, 0.1) is 18.3 Å². The van der Waals surface area contributed by atoms with Crippen molar-refractivity contribution in [1.29, 1.82) is 5.26 Å². The number of nitriles is 1. The molecule has 1 aromatic heterocycles. The molecule has 0 fully saturated rings. The maximum absolute atomic E-state index is 8.84. The summed E-state index contributed by atoms with van der Waals surface area (Å²) >= 11 is 1.33. The molecular weight excluding hydrogens is 348 g/mol. The first-order chi connectivity index (χ1) is 12.7. The maximum atomic E-state index is 8.84. The van der Waals surface area contributed by atoms with Crippen LogP contribution >= 0.6 is 11.5 Å². The second-order valence-electron chi connectivity index (χ2n) is 5.60. The van der Waals surface area contributed by atoms with Gasteiger partial charge in [0.15, 0.2) is 0 Å². The van der Waals surface area contributed by atoms with E-state index in [1.165, 1.54) is 11.5 Å². The zero-order valence-electron chi connectivity index (χ0n) is 14.5. The Hall–Kier alpha value is -2.95. The summed E-state index contributed by atoms with van der Waals surface area (Å²) in [4.78, 5) is 4.45. The van der Waals surface area contributed by atoms with Gasteiger partial charge >= 0.3 is 0 Å². The van der Waals surface area contributed by atoms with Crippen LogP contribution in [-0.2, 0) is 11.2 Å². The van der Waals surface area contributed by atoms with Gasteiger partial charge in [0.2, 0.25) is 5.13 Å². The molecule has 7 heteroatoms. The van der Waals surface area contributed by atoms with Gasteiger partial charge in [-0.1, -0.05) is 0 Å². The Kier molecular flexibility index (Phi) is 5.79. The summed E-state index contributed by atoms with van der Waals surface area (Å²) in [5.74, 6) is 2.20. The van der Waals surface area contributed by atoms with E-state index in [0.29, 0.717) is 24.3 Å². The van der Waals surface area contributed by atoms with Crippen LogP contribution in [0.4, 0.5) is 10.8 Å². The summed E-state index contributed by atoms with van der Waals surface area (Å²) in [6.07, 6.45) is 0.699. The molecule has 0 atom stereocenters. The molecule has 0 bridgehead atoms. The Labute approximate surface area is 156 Å². The summed E-state index contributed by atoms with van der Waals surface area (Å²) in [5, 5.41) is 12.9. The summed E-state index contributed by atoms with van der Waals surface area (Å²) in [6, 6.07) is 14.9. The Morgan fingerprint density at radius 2 is 1.92 bits per heavy atom. The van der Waals surface area contributed by atoms with Gasteiger partial charge in [-0.2, -0.15) is 9.64 Å². The molecule has 2 aromatic carbocycles. The first-order valence-corrected chi connectivity index (χ1v) is 8.82. The van der Waals surface area contributed by atoms with Crippen LogP contribution in [0.3, 0.4) is 0 Å². The minimum absolute atomic E-state index is 0.606. The fourth-order valence-electron chi connectivity index (χ4n) is 2.29. The number of nitrogens with zero attached hydrogens (tertiary/aromatic N) is 3. The van der Waals surface area contributed by atoms with Crippen molar-refractivity contribution in [2.75, 3.05) is 19.0 Å². The fourth-order valence-corrected chi connectivity index (χ4v) is 2.91. The quantitative estimate of drug-likeness (QED) is 0.666. The number of rotatable bonds is 7. The monoisotopic (exact) mass is 366 g/mol. The van der Waals surface area contributed by atoms with Crippen LogP contribution in [0.5, 0.6) is 11.5 Å². The molecular formula is C19H18N4O2S. The molecule has 0 saturated carbocycles. The lowest BCUT2D eigenvalue weighted by molar-refractivity contribution is 0.201. The molecule has 0 aliphatic heterocycles. The first kappa shape index (κ1) is 17.9. The van der Waals surface area contributed by atoms with E-state index in [9.17, 15) is 0 Å². The molecule has 0 radical (unpaired) electrons. The van der Waals surface area contributed by atoms with E-state index < -0.39 is 0 Å². The highest BCUT2D eigenvalue weighted by atomic mass is 32.1. The summed E-state index contributed by atoms with van der Waals surface area (Å²) < 4.78 is 15.2. The molecule has 3 aromatic rings. The number of methoxy groups -OCH3 is 1. The largest absolute Gasteiger partial charge is 0.457 e. The molecule has 132 valence electrons. The van der Waals surface area contributed by atoms with Crippen molar-refractivity contribution in [1.82, 2.24) is 9.36 Å². The minimum atomic E-state index is 0.606. The van der Waals surface area contributed by atoms with Crippen molar-refractivity contribution in [3.8, 4) is 17.6 Å². The predicted molar refractivity (Wildman–Crippen MR) is 101 cm³/mol. The highest BCUT2D eigenvalue weighted by molar-refractivity contribution is 7.09. The molecule has 6 nitrogen and oxygen atoms in total. The van der Waals surface area contributed by atoms with Gasteiger partial charge in [-0.15, -0.1) is 0 Å². The summed E-state index contributed by atoms with van der Waals surface area (Å²) in [7, 11) is 1.66. The number of ether oxygens (including phenoxy) is 2. The number of aryl methyl sites for hydroxylation is 1. The van der Waals surface area contributed by atoms with Gasteiger partial charge in [-0.3, -0.25) is 0 Å². The highest BCUT2D eigenvalue weighted by Crippen LogP contribution is 2.28. The topological polar surface area (TPSA) is 80.1 Å². The molecule has 0 saturated heterocycles. The van der Waals surface area contributed by atoms with Crippen LogP contribution in [-0.4, -0.2) is 23.1 Å². The maximum Gasteiger partial charge on any atom is 0.207 e. The molecule has 26 heavy (non-hydrogen) atoms. The second-order valence-corrected chi connectivity index (χ2v) is 6.35. The summed E-state index contributed by atoms with van der Waals surface area (Å²) in [6.45, 7) is 2.61. The zero-order chi connectivity index (χ0) is 18.4. The lowest BCUT2D eigenvalue weighted by Gasteiger charge is -2.10.